The second-order valence-electron chi connectivity index (χ2n) is 4.84. The summed E-state index contributed by atoms with van der Waals surface area (Å²) in [5, 5.41) is 11.6. The van der Waals surface area contributed by atoms with E-state index in [1.54, 1.807) is 14.2 Å². The molecule has 2 N–H and O–H groups in total. The summed E-state index contributed by atoms with van der Waals surface area (Å²) >= 11 is 0. The maximum Gasteiger partial charge on any atom is 0.326 e. The summed E-state index contributed by atoms with van der Waals surface area (Å²) in [5.41, 5.74) is 0.911. The highest BCUT2D eigenvalue weighted by molar-refractivity contribution is 5.82. The smallest absolute Gasteiger partial charge is 0.326 e. The van der Waals surface area contributed by atoms with Crippen molar-refractivity contribution in [3.8, 4) is 5.75 Å². The van der Waals surface area contributed by atoms with E-state index < -0.39 is 18.0 Å². The van der Waals surface area contributed by atoms with Gasteiger partial charge >= 0.3 is 12.0 Å². The summed E-state index contributed by atoms with van der Waals surface area (Å²) in [6.07, 6.45) is 1.10. The van der Waals surface area contributed by atoms with Gasteiger partial charge in [0.15, 0.2) is 0 Å². The molecular formula is C15H22N2O4. The Morgan fingerprint density at radius 1 is 1.43 bits per heavy atom. The van der Waals surface area contributed by atoms with Crippen molar-refractivity contribution < 1.29 is 19.4 Å². The first kappa shape index (κ1) is 16.8. The molecule has 2 amide bonds. The van der Waals surface area contributed by atoms with Crippen molar-refractivity contribution in [3.63, 3.8) is 0 Å². The molecule has 6 heteroatoms. The molecule has 0 saturated carbocycles. The first-order valence-electron chi connectivity index (χ1n) is 6.85. The molecule has 0 radical (unpaired) electrons. The fraction of sp³-hybridized carbons (Fsp3) is 0.467. The van der Waals surface area contributed by atoms with Crippen LogP contribution >= 0.6 is 0 Å². The molecule has 116 valence electrons. The molecule has 0 spiro atoms. The number of carboxylic acid groups (broad SMARTS) is 1. The van der Waals surface area contributed by atoms with Crippen molar-refractivity contribution in [2.45, 2.75) is 32.4 Å². The van der Waals surface area contributed by atoms with Crippen LogP contribution in [0.25, 0.3) is 0 Å². The number of carbonyl (C=O) groups excluding carboxylic acids is 1. The predicted molar refractivity (Wildman–Crippen MR) is 79.3 cm³/mol. The monoisotopic (exact) mass is 294 g/mol. The molecular weight excluding hydrogens is 272 g/mol. The number of hydrogen-bond donors (Lipinski definition) is 2. The van der Waals surface area contributed by atoms with E-state index in [1.807, 2.05) is 31.2 Å². The number of urea groups is 1. The van der Waals surface area contributed by atoms with E-state index in [9.17, 15) is 9.59 Å². The van der Waals surface area contributed by atoms with Crippen LogP contribution in [-0.2, 0) is 11.3 Å². The maximum atomic E-state index is 12.0. The maximum absolute atomic E-state index is 12.0. The van der Waals surface area contributed by atoms with Gasteiger partial charge in [-0.1, -0.05) is 25.5 Å². The third-order valence-electron chi connectivity index (χ3n) is 3.07. The van der Waals surface area contributed by atoms with Crippen molar-refractivity contribution >= 4 is 12.0 Å². The Morgan fingerprint density at radius 3 is 2.71 bits per heavy atom. The lowest BCUT2D eigenvalue weighted by Gasteiger charge is -2.21. The highest BCUT2D eigenvalue weighted by Crippen LogP contribution is 2.14. The molecule has 0 fully saturated rings. The summed E-state index contributed by atoms with van der Waals surface area (Å²) < 4.78 is 5.13. The average molecular weight is 294 g/mol. The third kappa shape index (κ3) is 5.33. The van der Waals surface area contributed by atoms with Crippen LogP contribution in [0.5, 0.6) is 5.75 Å². The molecule has 0 aliphatic carbocycles. The van der Waals surface area contributed by atoms with E-state index >= 15 is 0 Å². The molecule has 0 unspecified atom stereocenters. The Labute approximate surface area is 124 Å². The van der Waals surface area contributed by atoms with Gasteiger partial charge in [-0.05, 0) is 24.1 Å². The van der Waals surface area contributed by atoms with Crippen molar-refractivity contribution in [1.82, 2.24) is 10.2 Å². The van der Waals surface area contributed by atoms with Gasteiger partial charge in [0.1, 0.15) is 11.8 Å². The zero-order valence-corrected chi connectivity index (χ0v) is 12.6. The Bertz CT molecular complexity index is 490. The molecule has 0 saturated heterocycles. The van der Waals surface area contributed by atoms with Gasteiger partial charge in [0, 0.05) is 13.6 Å². The number of methoxy groups -OCH3 is 1. The van der Waals surface area contributed by atoms with Crippen LogP contribution in [0.2, 0.25) is 0 Å². The Morgan fingerprint density at radius 2 is 2.14 bits per heavy atom. The molecule has 1 aromatic rings. The molecule has 0 aromatic heterocycles. The zero-order chi connectivity index (χ0) is 15.8. The number of aliphatic carboxylic acids is 1. The van der Waals surface area contributed by atoms with E-state index in [2.05, 4.69) is 5.32 Å². The van der Waals surface area contributed by atoms with Crippen LogP contribution in [0.15, 0.2) is 24.3 Å². The lowest BCUT2D eigenvalue weighted by molar-refractivity contribution is -0.139. The molecule has 1 aromatic carbocycles. The largest absolute Gasteiger partial charge is 0.497 e. The number of carbonyl (C=O) groups is 2. The van der Waals surface area contributed by atoms with Crippen molar-refractivity contribution in [2.75, 3.05) is 14.2 Å². The molecule has 0 heterocycles. The Balaban J connectivity index is 2.63. The zero-order valence-electron chi connectivity index (χ0n) is 12.6. The van der Waals surface area contributed by atoms with Crippen LogP contribution in [0, 0.1) is 0 Å². The fourth-order valence-corrected chi connectivity index (χ4v) is 1.92. The van der Waals surface area contributed by atoms with Crippen LogP contribution in [0.4, 0.5) is 4.79 Å². The van der Waals surface area contributed by atoms with Gasteiger partial charge in [-0.15, -0.1) is 0 Å². The van der Waals surface area contributed by atoms with E-state index in [0.29, 0.717) is 19.4 Å². The number of benzene rings is 1. The van der Waals surface area contributed by atoms with Crippen LogP contribution in [-0.4, -0.2) is 42.2 Å². The first-order chi connectivity index (χ1) is 9.97. The molecule has 21 heavy (non-hydrogen) atoms. The number of hydrogen-bond acceptors (Lipinski definition) is 3. The highest BCUT2D eigenvalue weighted by atomic mass is 16.5. The third-order valence-corrected chi connectivity index (χ3v) is 3.07. The van der Waals surface area contributed by atoms with Gasteiger partial charge in [0.2, 0.25) is 0 Å². The van der Waals surface area contributed by atoms with Crippen LogP contribution < -0.4 is 10.1 Å². The highest BCUT2D eigenvalue weighted by Gasteiger charge is 2.20. The van der Waals surface area contributed by atoms with Gasteiger partial charge in [-0.25, -0.2) is 9.59 Å². The van der Waals surface area contributed by atoms with Crippen LogP contribution in [0.1, 0.15) is 25.3 Å². The number of amides is 2. The number of ether oxygens (including phenoxy) is 1. The first-order valence-corrected chi connectivity index (χ1v) is 6.85. The van der Waals surface area contributed by atoms with Gasteiger partial charge in [0.05, 0.1) is 7.11 Å². The van der Waals surface area contributed by atoms with Crippen molar-refractivity contribution in [1.29, 1.82) is 0 Å². The van der Waals surface area contributed by atoms with Gasteiger partial charge in [-0.2, -0.15) is 0 Å². The van der Waals surface area contributed by atoms with E-state index in [0.717, 1.165) is 11.3 Å². The normalized spacial score (nSPS) is 11.6. The Kier molecular flexibility index (Phi) is 6.52. The fourth-order valence-electron chi connectivity index (χ4n) is 1.92. The number of nitrogens with one attached hydrogen (secondary N) is 1. The van der Waals surface area contributed by atoms with Crippen molar-refractivity contribution in [3.05, 3.63) is 29.8 Å². The van der Waals surface area contributed by atoms with Crippen molar-refractivity contribution in [2.24, 2.45) is 0 Å². The second-order valence-corrected chi connectivity index (χ2v) is 4.84. The summed E-state index contributed by atoms with van der Waals surface area (Å²) in [7, 11) is 3.21. The lowest BCUT2D eigenvalue weighted by atomic mass is 10.2. The summed E-state index contributed by atoms with van der Waals surface area (Å²) in [5.74, 6) is -0.296. The summed E-state index contributed by atoms with van der Waals surface area (Å²) in [6.45, 7) is 2.25. The van der Waals surface area contributed by atoms with E-state index in [4.69, 9.17) is 9.84 Å². The van der Waals surface area contributed by atoms with Gasteiger partial charge < -0.3 is 20.1 Å². The minimum atomic E-state index is -1.01. The minimum Gasteiger partial charge on any atom is -0.497 e. The standard InChI is InChI=1S/C15H22N2O4/c1-4-6-13(14(18)19)16-15(20)17(2)10-11-7-5-8-12(9-11)21-3/h5,7-9,13H,4,6,10H2,1-3H3,(H,16,20)(H,18,19)/t13-/m1/s1. The SMILES string of the molecule is CCC[C@@H](NC(=O)N(C)Cc1cccc(OC)c1)C(=O)O. The van der Waals surface area contributed by atoms with Crippen LogP contribution in [0.3, 0.4) is 0 Å². The topological polar surface area (TPSA) is 78.9 Å². The van der Waals surface area contributed by atoms with Gasteiger partial charge in [-0.3, -0.25) is 0 Å². The molecule has 0 aliphatic heterocycles. The lowest BCUT2D eigenvalue weighted by Crippen LogP contribution is -2.46. The quantitative estimate of drug-likeness (QED) is 0.807. The molecule has 1 atom stereocenters. The second kappa shape index (κ2) is 8.14. The van der Waals surface area contributed by atoms with E-state index in [1.165, 1.54) is 4.90 Å². The Hall–Kier alpha value is -2.24. The molecule has 6 nitrogen and oxygen atoms in total. The van der Waals surface area contributed by atoms with Gasteiger partial charge in [0.25, 0.3) is 0 Å². The molecule has 1 rings (SSSR count). The summed E-state index contributed by atoms with van der Waals surface area (Å²) in [6, 6.07) is 6.13. The summed E-state index contributed by atoms with van der Waals surface area (Å²) in [4.78, 5) is 24.5. The number of nitrogens with zero attached hydrogens (tertiary/aromatic N) is 1. The van der Waals surface area contributed by atoms with E-state index in [-0.39, 0.29) is 0 Å². The number of rotatable bonds is 7. The predicted octanol–water partition coefficient (Wildman–Crippen LogP) is 2.09. The number of carboxylic acids is 1. The average Bonchev–Trinajstić information content (AvgIpc) is 2.46. The molecule has 0 bridgehead atoms. The minimum absolute atomic E-state index is 0.376. The molecule has 0 aliphatic rings.